The summed E-state index contributed by atoms with van der Waals surface area (Å²) in [7, 11) is 3.92. The summed E-state index contributed by atoms with van der Waals surface area (Å²) in [6.45, 7) is 3.04. The SMILES string of the molecule is CN(C)c1nccc([C@@H]2C[C@@H]3CCN(Cc4ccoc4)C[C@H]3O2)n1. The van der Waals surface area contributed by atoms with Gasteiger partial charge >= 0.3 is 0 Å². The van der Waals surface area contributed by atoms with Crippen LogP contribution in [-0.4, -0.2) is 48.2 Å². The predicted molar refractivity (Wildman–Crippen MR) is 90.7 cm³/mol. The minimum atomic E-state index is 0.0931. The Balaban J connectivity index is 1.41. The number of hydrogen-bond donors (Lipinski definition) is 0. The lowest BCUT2D eigenvalue weighted by Crippen LogP contribution is -2.41. The van der Waals surface area contributed by atoms with Gasteiger partial charge in [-0.3, -0.25) is 4.90 Å². The van der Waals surface area contributed by atoms with Crippen molar-refractivity contribution in [2.45, 2.75) is 31.6 Å². The fourth-order valence-corrected chi connectivity index (χ4v) is 3.73. The quantitative estimate of drug-likeness (QED) is 0.859. The zero-order valence-corrected chi connectivity index (χ0v) is 14.3. The number of hydrogen-bond acceptors (Lipinski definition) is 6. The molecule has 2 saturated heterocycles. The molecule has 0 amide bonds. The molecule has 4 rings (SSSR count). The van der Waals surface area contributed by atoms with Crippen LogP contribution in [0.25, 0.3) is 0 Å². The lowest BCUT2D eigenvalue weighted by Gasteiger charge is -2.33. The molecular weight excluding hydrogens is 304 g/mol. The van der Waals surface area contributed by atoms with Crippen LogP contribution in [0, 0.1) is 5.92 Å². The minimum absolute atomic E-state index is 0.0931. The van der Waals surface area contributed by atoms with Crippen molar-refractivity contribution in [2.24, 2.45) is 5.92 Å². The number of piperidine rings is 1. The topological polar surface area (TPSA) is 54.6 Å². The summed E-state index contributed by atoms with van der Waals surface area (Å²) >= 11 is 0. The largest absolute Gasteiger partial charge is 0.472 e. The van der Waals surface area contributed by atoms with Gasteiger partial charge in [0.1, 0.15) is 6.10 Å². The summed E-state index contributed by atoms with van der Waals surface area (Å²) in [5, 5.41) is 0. The third-order valence-corrected chi connectivity index (χ3v) is 5.02. The van der Waals surface area contributed by atoms with Crippen LogP contribution in [0.3, 0.4) is 0 Å². The van der Waals surface area contributed by atoms with E-state index in [4.69, 9.17) is 9.15 Å². The molecule has 4 heterocycles. The molecule has 2 fully saturated rings. The number of anilines is 1. The van der Waals surface area contributed by atoms with Crippen LogP contribution in [0.2, 0.25) is 0 Å². The van der Waals surface area contributed by atoms with Crippen molar-refractivity contribution in [2.75, 3.05) is 32.1 Å². The van der Waals surface area contributed by atoms with E-state index in [9.17, 15) is 0 Å². The molecule has 6 heteroatoms. The number of likely N-dealkylation sites (tertiary alicyclic amines) is 1. The Kier molecular flexibility index (Phi) is 4.24. The fraction of sp³-hybridized carbons (Fsp3) is 0.556. The second kappa shape index (κ2) is 6.53. The molecule has 24 heavy (non-hydrogen) atoms. The Hall–Kier alpha value is -1.92. The lowest BCUT2D eigenvalue weighted by atomic mass is 9.91. The molecule has 0 N–H and O–H groups in total. The van der Waals surface area contributed by atoms with E-state index in [1.807, 2.05) is 43.6 Å². The van der Waals surface area contributed by atoms with Gasteiger partial charge in [-0.05, 0) is 37.4 Å². The maximum absolute atomic E-state index is 6.36. The third kappa shape index (κ3) is 3.16. The molecule has 2 aromatic heterocycles. The number of ether oxygens (including phenoxy) is 1. The lowest BCUT2D eigenvalue weighted by molar-refractivity contribution is -0.0106. The van der Waals surface area contributed by atoms with E-state index in [0.29, 0.717) is 12.0 Å². The highest BCUT2D eigenvalue weighted by molar-refractivity contribution is 5.28. The van der Waals surface area contributed by atoms with Gasteiger partial charge in [-0.2, -0.15) is 0 Å². The van der Waals surface area contributed by atoms with Crippen molar-refractivity contribution in [1.29, 1.82) is 0 Å². The minimum Gasteiger partial charge on any atom is -0.472 e. The van der Waals surface area contributed by atoms with E-state index >= 15 is 0 Å². The molecule has 2 aliphatic heterocycles. The summed E-state index contributed by atoms with van der Waals surface area (Å²) in [4.78, 5) is 13.3. The highest BCUT2D eigenvalue weighted by atomic mass is 16.5. The Morgan fingerprint density at radius 2 is 2.25 bits per heavy atom. The van der Waals surface area contributed by atoms with Gasteiger partial charge in [0.05, 0.1) is 24.3 Å². The van der Waals surface area contributed by atoms with Crippen molar-refractivity contribution in [3.63, 3.8) is 0 Å². The maximum Gasteiger partial charge on any atom is 0.225 e. The van der Waals surface area contributed by atoms with Crippen molar-refractivity contribution in [3.8, 4) is 0 Å². The average molecular weight is 328 g/mol. The fourth-order valence-electron chi connectivity index (χ4n) is 3.73. The monoisotopic (exact) mass is 328 g/mol. The molecule has 0 bridgehead atoms. The number of fused-ring (bicyclic) bond motifs is 1. The van der Waals surface area contributed by atoms with E-state index in [0.717, 1.165) is 37.7 Å². The number of rotatable bonds is 4. The summed E-state index contributed by atoms with van der Waals surface area (Å²) in [6.07, 6.45) is 8.03. The summed E-state index contributed by atoms with van der Waals surface area (Å²) < 4.78 is 11.5. The highest BCUT2D eigenvalue weighted by Crippen LogP contribution is 2.40. The molecule has 0 unspecified atom stereocenters. The van der Waals surface area contributed by atoms with Gasteiger partial charge in [-0.25, -0.2) is 9.97 Å². The first-order valence-corrected chi connectivity index (χ1v) is 8.58. The Morgan fingerprint density at radius 1 is 1.33 bits per heavy atom. The molecule has 0 aromatic carbocycles. The summed E-state index contributed by atoms with van der Waals surface area (Å²) in [5.41, 5.74) is 2.24. The zero-order valence-electron chi connectivity index (χ0n) is 14.3. The Morgan fingerprint density at radius 3 is 3.04 bits per heavy atom. The molecule has 2 aliphatic rings. The van der Waals surface area contributed by atoms with Gasteiger partial charge < -0.3 is 14.1 Å². The standard InChI is InChI=1S/C18H24N4O2/c1-21(2)18-19-6-3-15(20-18)16-9-14-4-7-22(11-17(14)24-16)10-13-5-8-23-12-13/h3,5-6,8,12,14,16-17H,4,7,9-11H2,1-2H3/t14-,16-,17+/m0/s1. The molecule has 3 atom stereocenters. The molecular formula is C18H24N4O2. The van der Waals surface area contributed by atoms with Crippen LogP contribution in [0.5, 0.6) is 0 Å². The molecule has 0 saturated carbocycles. The van der Waals surface area contributed by atoms with Crippen LogP contribution >= 0.6 is 0 Å². The van der Waals surface area contributed by atoms with Gasteiger partial charge in [0, 0.05) is 38.9 Å². The molecule has 0 aliphatic carbocycles. The second-order valence-electron chi connectivity index (χ2n) is 6.99. The van der Waals surface area contributed by atoms with Crippen molar-refractivity contribution in [3.05, 3.63) is 42.1 Å². The highest BCUT2D eigenvalue weighted by Gasteiger charge is 2.40. The molecule has 0 radical (unpaired) electrons. The molecule has 128 valence electrons. The van der Waals surface area contributed by atoms with E-state index < -0.39 is 0 Å². The van der Waals surface area contributed by atoms with Gasteiger partial charge in [0.2, 0.25) is 5.95 Å². The summed E-state index contributed by atoms with van der Waals surface area (Å²) in [5.74, 6) is 1.38. The first-order valence-electron chi connectivity index (χ1n) is 8.58. The van der Waals surface area contributed by atoms with Crippen LogP contribution < -0.4 is 4.90 Å². The van der Waals surface area contributed by atoms with Crippen molar-refractivity contribution < 1.29 is 9.15 Å². The molecule has 0 spiro atoms. The zero-order chi connectivity index (χ0) is 16.5. The smallest absolute Gasteiger partial charge is 0.225 e. The van der Waals surface area contributed by atoms with E-state index in [-0.39, 0.29) is 6.10 Å². The van der Waals surface area contributed by atoms with Crippen LogP contribution in [0.1, 0.15) is 30.2 Å². The van der Waals surface area contributed by atoms with Crippen LogP contribution in [0.15, 0.2) is 35.3 Å². The number of furan rings is 1. The number of nitrogens with zero attached hydrogens (tertiary/aromatic N) is 4. The molecule has 2 aromatic rings. The van der Waals surface area contributed by atoms with Crippen LogP contribution in [0.4, 0.5) is 5.95 Å². The van der Waals surface area contributed by atoms with Crippen molar-refractivity contribution >= 4 is 5.95 Å². The van der Waals surface area contributed by atoms with Crippen LogP contribution in [-0.2, 0) is 11.3 Å². The van der Waals surface area contributed by atoms with Gasteiger partial charge in [0.25, 0.3) is 0 Å². The molecule has 6 nitrogen and oxygen atoms in total. The Labute approximate surface area is 142 Å². The Bertz CT molecular complexity index is 673. The third-order valence-electron chi connectivity index (χ3n) is 5.02. The van der Waals surface area contributed by atoms with E-state index in [1.54, 1.807) is 6.26 Å². The van der Waals surface area contributed by atoms with Gasteiger partial charge in [-0.15, -0.1) is 0 Å². The maximum atomic E-state index is 6.36. The van der Waals surface area contributed by atoms with E-state index in [1.165, 1.54) is 12.0 Å². The second-order valence-corrected chi connectivity index (χ2v) is 6.99. The first kappa shape index (κ1) is 15.6. The summed E-state index contributed by atoms with van der Waals surface area (Å²) in [6, 6.07) is 4.02. The van der Waals surface area contributed by atoms with Gasteiger partial charge in [0.15, 0.2) is 0 Å². The average Bonchev–Trinajstić information content (AvgIpc) is 3.24. The van der Waals surface area contributed by atoms with E-state index in [2.05, 4.69) is 14.9 Å². The predicted octanol–water partition coefficient (Wildman–Crippen LogP) is 2.49. The normalized spacial score (nSPS) is 27.2. The first-order chi connectivity index (χ1) is 11.7. The van der Waals surface area contributed by atoms with Crippen molar-refractivity contribution in [1.82, 2.24) is 14.9 Å². The number of aromatic nitrogens is 2. The van der Waals surface area contributed by atoms with Gasteiger partial charge in [-0.1, -0.05) is 0 Å².